The Hall–Kier alpha value is -2.36. The predicted molar refractivity (Wildman–Crippen MR) is 74.8 cm³/mol. The van der Waals surface area contributed by atoms with Gasteiger partial charge in [-0.1, -0.05) is 30.3 Å². The number of para-hydroxylation sites is 1. The van der Waals surface area contributed by atoms with Crippen LogP contribution in [0.2, 0.25) is 0 Å². The van der Waals surface area contributed by atoms with Crippen LogP contribution in [0.1, 0.15) is 5.56 Å². The molecule has 0 atom stereocenters. The second kappa shape index (κ2) is 6.70. The highest BCUT2D eigenvalue weighted by molar-refractivity contribution is 5.77. The van der Waals surface area contributed by atoms with Gasteiger partial charge in [-0.15, -0.1) is 0 Å². The van der Waals surface area contributed by atoms with Crippen molar-refractivity contribution in [3.05, 3.63) is 66.0 Å². The third-order valence-electron chi connectivity index (χ3n) is 2.84. The number of hydrogen-bond donors (Lipinski definition) is 0. The van der Waals surface area contributed by atoms with Gasteiger partial charge in [-0.2, -0.15) is 0 Å². The molecule has 104 valence electrons. The smallest absolute Gasteiger partial charge is 0.260 e. The lowest BCUT2D eigenvalue weighted by Crippen LogP contribution is -2.30. The van der Waals surface area contributed by atoms with Crippen molar-refractivity contribution in [3.63, 3.8) is 0 Å². The molecule has 0 saturated heterocycles. The van der Waals surface area contributed by atoms with Gasteiger partial charge in [0.2, 0.25) is 0 Å². The molecular weight excluding hydrogens is 257 g/mol. The van der Waals surface area contributed by atoms with Gasteiger partial charge in [-0.05, 0) is 29.8 Å². The maximum Gasteiger partial charge on any atom is 0.260 e. The zero-order valence-electron chi connectivity index (χ0n) is 11.3. The molecule has 0 bridgehead atoms. The van der Waals surface area contributed by atoms with E-state index in [-0.39, 0.29) is 18.3 Å². The number of likely N-dealkylation sites (N-methyl/N-ethyl adjacent to an activating group) is 1. The van der Waals surface area contributed by atoms with E-state index in [1.165, 1.54) is 17.0 Å². The highest BCUT2D eigenvalue weighted by Crippen LogP contribution is 2.09. The molecule has 0 aliphatic carbocycles. The van der Waals surface area contributed by atoms with Crippen molar-refractivity contribution in [1.82, 2.24) is 4.90 Å². The molecule has 2 aromatic rings. The minimum Gasteiger partial charge on any atom is -0.484 e. The van der Waals surface area contributed by atoms with E-state index < -0.39 is 0 Å². The first-order valence-electron chi connectivity index (χ1n) is 6.31. The van der Waals surface area contributed by atoms with Gasteiger partial charge in [0.15, 0.2) is 6.61 Å². The molecule has 0 aliphatic heterocycles. The van der Waals surface area contributed by atoms with E-state index in [0.717, 1.165) is 5.56 Å². The summed E-state index contributed by atoms with van der Waals surface area (Å²) in [6, 6.07) is 15.4. The molecule has 0 N–H and O–H groups in total. The molecule has 0 fully saturated rings. The molecule has 0 saturated carbocycles. The van der Waals surface area contributed by atoms with Crippen LogP contribution in [0, 0.1) is 5.82 Å². The quantitative estimate of drug-likeness (QED) is 0.838. The van der Waals surface area contributed by atoms with Gasteiger partial charge in [-0.25, -0.2) is 4.39 Å². The molecular formula is C16H16FNO2. The lowest BCUT2D eigenvalue weighted by atomic mass is 10.2. The Bertz CT molecular complexity index is 572. The first-order chi connectivity index (χ1) is 9.65. The Labute approximate surface area is 117 Å². The first kappa shape index (κ1) is 14.1. The van der Waals surface area contributed by atoms with Crippen molar-refractivity contribution in [2.45, 2.75) is 6.54 Å². The van der Waals surface area contributed by atoms with Crippen LogP contribution in [0.4, 0.5) is 4.39 Å². The Morgan fingerprint density at radius 3 is 2.60 bits per heavy atom. The summed E-state index contributed by atoms with van der Waals surface area (Å²) in [6.45, 7) is 0.324. The van der Waals surface area contributed by atoms with Crippen molar-refractivity contribution in [1.29, 1.82) is 0 Å². The largest absolute Gasteiger partial charge is 0.484 e. The van der Waals surface area contributed by atoms with Gasteiger partial charge in [-0.3, -0.25) is 4.79 Å². The van der Waals surface area contributed by atoms with Gasteiger partial charge in [0.1, 0.15) is 11.6 Å². The molecule has 1 amide bonds. The molecule has 0 spiro atoms. The van der Waals surface area contributed by atoms with Crippen LogP contribution in [0.5, 0.6) is 5.75 Å². The summed E-state index contributed by atoms with van der Waals surface area (Å²) in [5, 5.41) is 0. The summed E-state index contributed by atoms with van der Waals surface area (Å²) in [7, 11) is 1.67. The fraction of sp³-hybridized carbons (Fsp3) is 0.188. The van der Waals surface area contributed by atoms with E-state index in [1.54, 1.807) is 31.3 Å². The van der Waals surface area contributed by atoms with Crippen LogP contribution in [-0.2, 0) is 11.3 Å². The molecule has 0 heterocycles. The Balaban J connectivity index is 1.86. The molecule has 2 aromatic carbocycles. The SMILES string of the molecule is CN(Cc1cccc(F)c1)C(=O)COc1ccccc1. The number of carbonyl (C=O) groups is 1. The minimum atomic E-state index is -0.302. The van der Waals surface area contributed by atoms with Crippen molar-refractivity contribution < 1.29 is 13.9 Å². The average Bonchev–Trinajstić information content (AvgIpc) is 2.46. The Morgan fingerprint density at radius 2 is 1.90 bits per heavy atom. The van der Waals surface area contributed by atoms with Crippen molar-refractivity contribution in [3.8, 4) is 5.75 Å². The molecule has 0 unspecified atom stereocenters. The molecule has 2 rings (SSSR count). The van der Waals surface area contributed by atoms with Gasteiger partial charge < -0.3 is 9.64 Å². The monoisotopic (exact) mass is 273 g/mol. The summed E-state index contributed by atoms with van der Waals surface area (Å²) >= 11 is 0. The van der Waals surface area contributed by atoms with E-state index >= 15 is 0 Å². The zero-order chi connectivity index (χ0) is 14.4. The highest BCUT2D eigenvalue weighted by atomic mass is 19.1. The highest BCUT2D eigenvalue weighted by Gasteiger charge is 2.10. The van der Waals surface area contributed by atoms with Crippen LogP contribution in [0.3, 0.4) is 0 Å². The third kappa shape index (κ3) is 4.09. The third-order valence-corrected chi connectivity index (χ3v) is 2.84. The summed E-state index contributed by atoms with van der Waals surface area (Å²) in [4.78, 5) is 13.4. The number of hydrogen-bond acceptors (Lipinski definition) is 2. The number of rotatable bonds is 5. The van der Waals surface area contributed by atoms with E-state index in [2.05, 4.69) is 0 Å². The summed E-state index contributed by atoms with van der Waals surface area (Å²) in [6.07, 6.45) is 0. The normalized spacial score (nSPS) is 10.1. The molecule has 20 heavy (non-hydrogen) atoms. The molecule has 4 heteroatoms. The molecule has 0 aromatic heterocycles. The summed E-state index contributed by atoms with van der Waals surface area (Å²) in [5.74, 6) is 0.196. The number of halogens is 1. The van der Waals surface area contributed by atoms with Gasteiger partial charge >= 0.3 is 0 Å². The summed E-state index contributed by atoms with van der Waals surface area (Å²) < 4.78 is 18.4. The second-order valence-electron chi connectivity index (χ2n) is 4.48. The van der Waals surface area contributed by atoms with Crippen molar-refractivity contribution in [2.75, 3.05) is 13.7 Å². The molecule has 0 radical (unpaired) electrons. The maximum atomic E-state index is 13.1. The second-order valence-corrected chi connectivity index (χ2v) is 4.48. The van der Waals surface area contributed by atoms with Crippen molar-refractivity contribution >= 4 is 5.91 Å². The Kier molecular flexibility index (Phi) is 4.71. The standard InChI is InChI=1S/C16H16FNO2/c1-18(11-13-6-5-7-14(17)10-13)16(19)12-20-15-8-3-2-4-9-15/h2-10H,11-12H2,1H3. The number of nitrogens with zero attached hydrogens (tertiary/aromatic N) is 1. The topological polar surface area (TPSA) is 29.5 Å². The van der Waals surface area contributed by atoms with E-state index in [1.807, 2.05) is 18.2 Å². The van der Waals surface area contributed by atoms with Crippen LogP contribution in [-0.4, -0.2) is 24.5 Å². The maximum absolute atomic E-state index is 13.1. The molecule has 0 aliphatic rings. The number of ether oxygens (including phenoxy) is 1. The van der Waals surface area contributed by atoms with Crippen LogP contribution in [0.15, 0.2) is 54.6 Å². The van der Waals surface area contributed by atoms with Gasteiger partial charge in [0.05, 0.1) is 0 Å². The van der Waals surface area contributed by atoms with Gasteiger partial charge in [0.25, 0.3) is 5.91 Å². The number of carbonyl (C=O) groups excluding carboxylic acids is 1. The Morgan fingerprint density at radius 1 is 1.15 bits per heavy atom. The fourth-order valence-corrected chi connectivity index (χ4v) is 1.77. The van der Waals surface area contributed by atoms with E-state index in [9.17, 15) is 9.18 Å². The van der Waals surface area contributed by atoms with E-state index in [0.29, 0.717) is 12.3 Å². The lowest BCUT2D eigenvalue weighted by Gasteiger charge is -2.17. The van der Waals surface area contributed by atoms with Crippen LogP contribution >= 0.6 is 0 Å². The number of benzene rings is 2. The fourth-order valence-electron chi connectivity index (χ4n) is 1.77. The van der Waals surface area contributed by atoms with Crippen LogP contribution < -0.4 is 4.74 Å². The van der Waals surface area contributed by atoms with Crippen molar-refractivity contribution in [2.24, 2.45) is 0 Å². The lowest BCUT2D eigenvalue weighted by molar-refractivity contribution is -0.132. The van der Waals surface area contributed by atoms with Crippen LogP contribution in [0.25, 0.3) is 0 Å². The molecule has 3 nitrogen and oxygen atoms in total. The first-order valence-corrected chi connectivity index (χ1v) is 6.31. The van der Waals surface area contributed by atoms with Gasteiger partial charge in [0, 0.05) is 13.6 Å². The minimum absolute atomic E-state index is 0.0319. The predicted octanol–water partition coefficient (Wildman–Crippen LogP) is 2.86. The number of amides is 1. The summed E-state index contributed by atoms with van der Waals surface area (Å²) in [5.41, 5.74) is 0.751. The average molecular weight is 273 g/mol. The zero-order valence-corrected chi connectivity index (χ0v) is 11.3. The van der Waals surface area contributed by atoms with E-state index in [4.69, 9.17) is 4.74 Å².